The second-order valence-corrected chi connectivity index (χ2v) is 23.7. The maximum absolute atomic E-state index is 14.5. The van der Waals surface area contributed by atoms with Gasteiger partial charge in [-0.25, -0.2) is 0 Å². The highest BCUT2D eigenvalue weighted by Gasteiger charge is 2.73. The molecule has 0 spiro atoms. The molecule has 0 bridgehead atoms. The standard InChI is InChI=1S/C29H36O9.C21H22F6O6.C21H28O6/c1-29(23-2-17(8-30)26(14-36)18(3-23)9-31,24-4-19(10-32)27(15-37)20(5-24)11-33)25-6-21(12-34)28(16-38)22(7-25)13-35;22-20(23,24)19(21(25,26)27,15-1-11(5-28)17(9-32)12(2-15)6-29)16-3-13(7-30)18(10-33)14(4-16)8-31;1-21(2,17-3-13(7-22)19(11-26)14(4-17)8-23)18-5-15(9-24)20(12-27)16(6-18)10-25/h2-7,30-38H,8-16H2,1H3;1-4,28-33H,5-10H2;3-6,22-27H,7-12H2,1-2H3. The number of hydrogen-bond acceptors (Lipinski definition) is 21. The minimum atomic E-state index is -6.02. The lowest BCUT2D eigenvalue weighted by Gasteiger charge is -2.39. The zero-order valence-electron chi connectivity index (χ0n) is 54.1. The molecule has 538 valence electrons. The molecule has 0 fully saturated rings. The van der Waals surface area contributed by atoms with Gasteiger partial charge in [0.05, 0.1) is 139 Å². The lowest BCUT2D eigenvalue weighted by Crippen LogP contribution is -2.55. The van der Waals surface area contributed by atoms with Gasteiger partial charge in [0, 0.05) is 10.8 Å². The monoisotopic (exact) mass is 1390 g/mol. The molecule has 0 aliphatic carbocycles. The van der Waals surface area contributed by atoms with Gasteiger partial charge in [-0.15, -0.1) is 0 Å². The smallest absolute Gasteiger partial charge is 0.392 e. The normalized spacial score (nSPS) is 12.2. The first-order valence-corrected chi connectivity index (χ1v) is 30.5. The van der Waals surface area contributed by atoms with Crippen LogP contribution in [0.25, 0.3) is 0 Å². The van der Waals surface area contributed by atoms with E-state index in [9.17, 15) is 134 Å². The maximum Gasteiger partial charge on any atom is 0.411 e. The Morgan fingerprint density at radius 3 is 0.429 bits per heavy atom. The summed E-state index contributed by atoms with van der Waals surface area (Å²) in [6.45, 7) is -5.28. The summed E-state index contributed by atoms with van der Waals surface area (Å²) in [6, 6.07) is 19.1. The van der Waals surface area contributed by atoms with E-state index in [1.165, 1.54) is 0 Å². The molecule has 0 atom stereocenters. The SMILES string of the molecule is CC(C)(c1cc(CO)c(CO)c(CO)c1)c1cc(CO)c(CO)c(CO)c1.CC(c1cc(CO)c(CO)c(CO)c1)(c1cc(CO)c(CO)c(CO)c1)c1cc(CO)c(CO)c(CO)c1.OCc1cc(C(c2cc(CO)c(CO)c(CO)c2)(C(F)(F)F)C(F)(F)F)cc(CO)c1CO. The van der Waals surface area contributed by atoms with Gasteiger partial charge in [-0.3, -0.25) is 0 Å². The van der Waals surface area contributed by atoms with Crippen molar-refractivity contribution in [2.75, 3.05) is 0 Å². The average Bonchev–Trinajstić information content (AvgIpc) is 0.714. The van der Waals surface area contributed by atoms with E-state index in [1.807, 2.05) is 20.8 Å². The molecule has 7 rings (SSSR count). The van der Waals surface area contributed by atoms with Gasteiger partial charge in [0.15, 0.2) is 0 Å². The van der Waals surface area contributed by atoms with E-state index in [4.69, 9.17) is 0 Å². The van der Waals surface area contributed by atoms with Gasteiger partial charge < -0.3 is 107 Å². The molecule has 7 aromatic carbocycles. The highest BCUT2D eigenvalue weighted by atomic mass is 19.4. The van der Waals surface area contributed by atoms with Crippen LogP contribution in [0.4, 0.5) is 26.3 Å². The van der Waals surface area contributed by atoms with Crippen LogP contribution in [0.5, 0.6) is 0 Å². The summed E-state index contributed by atoms with van der Waals surface area (Å²) in [7, 11) is 0. The summed E-state index contributed by atoms with van der Waals surface area (Å²) in [5.41, 5.74) is -1.27. The Labute approximate surface area is 560 Å². The van der Waals surface area contributed by atoms with Crippen LogP contribution in [-0.2, 0) is 155 Å². The predicted molar refractivity (Wildman–Crippen MR) is 340 cm³/mol. The lowest BCUT2D eigenvalue weighted by molar-refractivity contribution is -0.288. The second-order valence-electron chi connectivity index (χ2n) is 23.7. The molecule has 0 saturated carbocycles. The van der Waals surface area contributed by atoms with E-state index in [-0.39, 0.29) is 50.8 Å². The molecule has 98 heavy (non-hydrogen) atoms. The molecule has 0 saturated heterocycles. The Morgan fingerprint density at radius 2 is 0.316 bits per heavy atom. The summed E-state index contributed by atoms with van der Waals surface area (Å²) in [5.74, 6) is 0. The van der Waals surface area contributed by atoms with E-state index in [1.54, 1.807) is 60.7 Å². The van der Waals surface area contributed by atoms with Crippen LogP contribution in [0.1, 0.15) is 177 Å². The number of aliphatic hydroxyl groups excluding tert-OH is 21. The molecular formula is C71H86F6O21. The number of aliphatic hydroxyl groups is 21. The third-order valence-corrected chi connectivity index (χ3v) is 18.4. The number of alkyl halides is 6. The molecule has 0 aliphatic rings. The molecule has 0 amide bonds. The summed E-state index contributed by atoms with van der Waals surface area (Å²) < 4.78 is 86.9. The molecule has 0 heterocycles. The Kier molecular flexibility index (Phi) is 29.7. The van der Waals surface area contributed by atoms with E-state index < -0.39 is 161 Å². The average molecular weight is 1390 g/mol. The quantitative estimate of drug-likeness (QED) is 0.0246. The summed E-state index contributed by atoms with van der Waals surface area (Å²) in [5, 5.41) is 205. The second kappa shape index (κ2) is 35.5. The maximum atomic E-state index is 14.5. The van der Waals surface area contributed by atoms with Gasteiger partial charge in [-0.1, -0.05) is 98.8 Å². The molecule has 0 aromatic heterocycles. The van der Waals surface area contributed by atoms with Crippen molar-refractivity contribution in [2.24, 2.45) is 0 Å². The Balaban J connectivity index is 0.000000269. The first-order chi connectivity index (χ1) is 46.5. The van der Waals surface area contributed by atoms with Crippen LogP contribution < -0.4 is 0 Å². The van der Waals surface area contributed by atoms with Crippen molar-refractivity contribution < 1.29 is 134 Å². The van der Waals surface area contributed by atoms with Crippen molar-refractivity contribution in [3.63, 3.8) is 0 Å². The Hall–Kier alpha value is -6.72. The van der Waals surface area contributed by atoms with Gasteiger partial charge in [0.25, 0.3) is 0 Å². The fraction of sp³-hybridized carbons (Fsp3) is 0.408. The molecule has 21 N–H and O–H groups in total. The van der Waals surface area contributed by atoms with Gasteiger partial charge in [0.2, 0.25) is 5.41 Å². The molecule has 7 aromatic rings. The third kappa shape index (κ3) is 16.2. The minimum absolute atomic E-state index is 0.218. The minimum Gasteiger partial charge on any atom is -0.392 e. The van der Waals surface area contributed by atoms with Crippen molar-refractivity contribution in [3.05, 3.63) is 241 Å². The third-order valence-electron chi connectivity index (χ3n) is 18.4. The predicted octanol–water partition coefficient (Wildman–Crippen LogP) is 3.49. The Bertz CT molecular complexity index is 3360. The van der Waals surface area contributed by atoms with E-state index >= 15 is 0 Å². The van der Waals surface area contributed by atoms with Gasteiger partial charge in [-0.05, 0) is 163 Å². The molecular weight excluding hydrogens is 1300 g/mol. The number of halogens is 6. The first kappa shape index (κ1) is 82.0. The van der Waals surface area contributed by atoms with Crippen molar-refractivity contribution in [2.45, 2.75) is 188 Å². The zero-order valence-corrected chi connectivity index (χ0v) is 54.1. The van der Waals surface area contributed by atoms with Crippen LogP contribution in [-0.4, -0.2) is 120 Å². The van der Waals surface area contributed by atoms with Gasteiger partial charge in [0.1, 0.15) is 0 Å². The van der Waals surface area contributed by atoms with Crippen molar-refractivity contribution in [3.8, 4) is 0 Å². The van der Waals surface area contributed by atoms with Gasteiger partial charge >= 0.3 is 12.4 Å². The van der Waals surface area contributed by atoms with Gasteiger partial charge in [-0.2, -0.15) is 26.3 Å². The number of benzene rings is 7. The molecule has 0 radical (unpaired) electrons. The summed E-state index contributed by atoms with van der Waals surface area (Å²) in [4.78, 5) is 0. The largest absolute Gasteiger partial charge is 0.411 e. The van der Waals surface area contributed by atoms with Crippen molar-refractivity contribution in [1.82, 2.24) is 0 Å². The van der Waals surface area contributed by atoms with Crippen molar-refractivity contribution >= 4 is 0 Å². The first-order valence-electron chi connectivity index (χ1n) is 30.5. The van der Waals surface area contributed by atoms with Crippen LogP contribution in [0.15, 0.2) is 84.9 Å². The van der Waals surface area contributed by atoms with Crippen LogP contribution in [0, 0.1) is 0 Å². The number of hydrogen-bond donors (Lipinski definition) is 21. The fourth-order valence-corrected chi connectivity index (χ4v) is 12.6. The molecule has 0 unspecified atom stereocenters. The number of rotatable bonds is 28. The summed E-state index contributed by atoms with van der Waals surface area (Å²) >= 11 is 0. The van der Waals surface area contributed by atoms with Crippen LogP contribution >= 0.6 is 0 Å². The topological polar surface area (TPSA) is 425 Å². The van der Waals surface area contributed by atoms with E-state index in [0.29, 0.717) is 124 Å². The molecule has 0 aliphatic heterocycles. The van der Waals surface area contributed by atoms with E-state index in [2.05, 4.69) is 0 Å². The van der Waals surface area contributed by atoms with Crippen LogP contribution in [0.3, 0.4) is 0 Å². The molecule has 27 heteroatoms. The van der Waals surface area contributed by atoms with E-state index in [0.717, 1.165) is 11.1 Å². The highest BCUT2D eigenvalue weighted by molar-refractivity contribution is 5.59. The summed E-state index contributed by atoms with van der Waals surface area (Å²) in [6.07, 6.45) is -12.0. The van der Waals surface area contributed by atoms with Crippen LogP contribution in [0.2, 0.25) is 0 Å². The molecule has 21 nitrogen and oxygen atoms in total. The lowest BCUT2D eigenvalue weighted by atomic mass is 9.68. The van der Waals surface area contributed by atoms with Crippen molar-refractivity contribution in [1.29, 1.82) is 0 Å². The Morgan fingerprint density at radius 1 is 0.194 bits per heavy atom. The highest BCUT2D eigenvalue weighted by Crippen LogP contribution is 2.57. The fourth-order valence-electron chi connectivity index (χ4n) is 12.6. The zero-order chi connectivity index (χ0) is 73.4.